The van der Waals surface area contributed by atoms with Gasteiger partial charge in [-0.3, -0.25) is 0 Å². The van der Waals surface area contributed by atoms with E-state index in [-0.39, 0.29) is 5.82 Å². The maximum atomic E-state index is 13.1. The number of nitrogens with zero attached hydrogens (tertiary/aromatic N) is 3. The zero-order valence-electron chi connectivity index (χ0n) is 11.3. The van der Waals surface area contributed by atoms with Crippen LogP contribution in [-0.2, 0) is 0 Å². The molecule has 1 saturated carbocycles. The molecular weight excluding hydrogens is 243 g/mol. The summed E-state index contributed by atoms with van der Waals surface area (Å²) in [6.45, 7) is 4.58. The van der Waals surface area contributed by atoms with Crippen LogP contribution < -0.4 is 5.32 Å². The molecular formula is C14H19FN4. The molecule has 1 N–H and O–H groups in total. The molecule has 0 bridgehead atoms. The Labute approximate surface area is 112 Å². The number of anilines is 1. The number of fused-ring (bicyclic) bond motifs is 1. The molecule has 0 spiro atoms. The second-order valence-corrected chi connectivity index (χ2v) is 5.84. The summed E-state index contributed by atoms with van der Waals surface area (Å²) in [5.74, 6) is 1.76. The number of hydrogen-bond donors (Lipinski definition) is 1. The maximum absolute atomic E-state index is 13.1. The van der Waals surface area contributed by atoms with Gasteiger partial charge in [0.2, 0.25) is 5.95 Å². The molecule has 2 aromatic rings. The summed E-state index contributed by atoms with van der Waals surface area (Å²) in [6.07, 6.45) is 4.93. The van der Waals surface area contributed by atoms with Gasteiger partial charge < -0.3 is 5.32 Å². The Morgan fingerprint density at radius 3 is 2.68 bits per heavy atom. The van der Waals surface area contributed by atoms with Gasteiger partial charge in [0.05, 0.1) is 6.20 Å². The van der Waals surface area contributed by atoms with Crippen LogP contribution >= 0.6 is 0 Å². The number of aromatic nitrogens is 3. The van der Waals surface area contributed by atoms with Gasteiger partial charge in [0, 0.05) is 6.04 Å². The lowest BCUT2D eigenvalue weighted by atomic mass is 9.80. The highest BCUT2D eigenvalue weighted by atomic mass is 19.1. The zero-order chi connectivity index (χ0) is 13.4. The SMILES string of the molecule is CC1CC(C)CC(Nc2nc3ccc(F)cn3n2)C1. The van der Waals surface area contributed by atoms with Gasteiger partial charge in [0.15, 0.2) is 5.65 Å². The van der Waals surface area contributed by atoms with E-state index in [1.807, 2.05) is 0 Å². The van der Waals surface area contributed by atoms with Gasteiger partial charge in [-0.25, -0.2) is 8.91 Å². The molecule has 0 amide bonds. The summed E-state index contributed by atoms with van der Waals surface area (Å²) >= 11 is 0. The fraction of sp³-hybridized carbons (Fsp3) is 0.571. The topological polar surface area (TPSA) is 42.2 Å². The van der Waals surface area contributed by atoms with E-state index in [9.17, 15) is 4.39 Å². The second-order valence-electron chi connectivity index (χ2n) is 5.84. The molecule has 5 heteroatoms. The van der Waals surface area contributed by atoms with Crippen molar-refractivity contribution in [3.05, 3.63) is 24.1 Å². The Hall–Kier alpha value is -1.65. The normalized spacial score (nSPS) is 27.6. The molecule has 0 aromatic carbocycles. The highest BCUT2D eigenvalue weighted by molar-refractivity contribution is 5.43. The summed E-state index contributed by atoms with van der Waals surface area (Å²) in [7, 11) is 0. The standard InChI is InChI=1S/C14H19FN4/c1-9-5-10(2)7-12(6-9)16-14-17-13-4-3-11(15)8-19(13)18-14/h3-4,8-10,12H,5-7H2,1-2H3,(H,16,18). The molecule has 1 aliphatic carbocycles. The highest BCUT2D eigenvalue weighted by Crippen LogP contribution is 2.29. The third-order valence-electron chi connectivity index (χ3n) is 3.81. The van der Waals surface area contributed by atoms with E-state index in [1.54, 1.807) is 6.07 Å². The van der Waals surface area contributed by atoms with E-state index in [1.165, 1.54) is 23.2 Å². The first-order valence-corrected chi connectivity index (χ1v) is 6.88. The molecule has 3 rings (SSSR count). The third-order valence-corrected chi connectivity index (χ3v) is 3.81. The average molecular weight is 262 g/mol. The second kappa shape index (κ2) is 4.79. The lowest BCUT2D eigenvalue weighted by Crippen LogP contribution is -2.30. The molecule has 0 radical (unpaired) electrons. The van der Waals surface area contributed by atoms with Gasteiger partial charge >= 0.3 is 0 Å². The number of nitrogens with one attached hydrogen (secondary N) is 1. The first-order chi connectivity index (χ1) is 9.10. The van der Waals surface area contributed by atoms with Crippen LogP contribution in [0.5, 0.6) is 0 Å². The van der Waals surface area contributed by atoms with Crippen LogP contribution in [0, 0.1) is 17.7 Å². The molecule has 1 fully saturated rings. The average Bonchev–Trinajstić information content (AvgIpc) is 2.68. The summed E-state index contributed by atoms with van der Waals surface area (Å²) in [5.41, 5.74) is 0.667. The Balaban J connectivity index is 1.77. The first kappa shape index (κ1) is 12.4. The molecule has 0 aliphatic heterocycles. The van der Waals surface area contributed by atoms with Crippen LogP contribution in [0.15, 0.2) is 18.3 Å². The first-order valence-electron chi connectivity index (χ1n) is 6.88. The van der Waals surface area contributed by atoms with E-state index in [4.69, 9.17) is 0 Å². The van der Waals surface area contributed by atoms with Crippen molar-refractivity contribution >= 4 is 11.6 Å². The van der Waals surface area contributed by atoms with Crippen molar-refractivity contribution in [2.75, 3.05) is 5.32 Å². The van der Waals surface area contributed by atoms with E-state index in [0.717, 1.165) is 24.7 Å². The van der Waals surface area contributed by atoms with Gasteiger partial charge in [-0.15, -0.1) is 5.10 Å². The van der Waals surface area contributed by atoms with Crippen molar-refractivity contribution in [1.82, 2.24) is 14.6 Å². The summed E-state index contributed by atoms with van der Waals surface area (Å²) in [5, 5.41) is 7.66. The minimum absolute atomic E-state index is 0.302. The Bertz CT molecular complexity index is 570. The maximum Gasteiger partial charge on any atom is 0.243 e. The molecule has 19 heavy (non-hydrogen) atoms. The van der Waals surface area contributed by atoms with Crippen LogP contribution in [-0.4, -0.2) is 20.6 Å². The van der Waals surface area contributed by atoms with Crippen LogP contribution in [0.25, 0.3) is 5.65 Å². The van der Waals surface area contributed by atoms with Crippen molar-refractivity contribution in [3.63, 3.8) is 0 Å². The predicted octanol–water partition coefficient (Wildman–Crippen LogP) is 3.11. The fourth-order valence-electron chi connectivity index (χ4n) is 3.17. The summed E-state index contributed by atoms with van der Waals surface area (Å²) < 4.78 is 14.6. The molecule has 2 heterocycles. The lowest BCUT2D eigenvalue weighted by Gasteiger charge is -2.31. The van der Waals surface area contributed by atoms with Gasteiger partial charge in [0.25, 0.3) is 0 Å². The Kier molecular flexibility index (Phi) is 3.12. The molecule has 0 saturated heterocycles. The number of rotatable bonds is 2. The third kappa shape index (κ3) is 2.69. The van der Waals surface area contributed by atoms with Crippen LogP contribution in [0.2, 0.25) is 0 Å². The number of hydrogen-bond acceptors (Lipinski definition) is 3. The van der Waals surface area contributed by atoms with Crippen LogP contribution in [0.3, 0.4) is 0 Å². The van der Waals surface area contributed by atoms with Crippen molar-refractivity contribution in [3.8, 4) is 0 Å². The fourth-order valence-corrected chi connectivity index (χ4v) is 3.17. The zero-order valence-corrected chi connectivity index (χ0v) is 11.3. The van der Waals surface area contributed by atoms with E-state index in [0.29, 0.717) is 17.6 Å². The van der Waals surface area contributed by atoms with Gasteiger partial charge in [-0.05, 0) is 43.2 Å². The van der Waals surface area contributed by atoms with Gasteiger partial charge in [-0.2, -0.15) is 4.98 Å². The van der Waals surface area contributed by atoms with Crippen molar-refractivity contribution in [1.29, 1.82) is 0 Å². The van der Waals surface area contributed by atoms with Gasteiger partial charge in [-0.1, -0.05) is 13.8 Å². The van der Waals surface area contributed by atoms with E-state index < -0.39 is 0 Å². The lowest BCUT2D eigenvalue weighted by molar-refractivity contribution is 0.280. The smallest absolute Gasteiger partial charge is 0.243 e. The van der Waals surface area contributed by atoms with E-state index >= 15 is 0 Å². The van der Waals surface area contributed by atoms with Crippen LogP contribution in [0.1, 0.15) is 33.1 Å². The summed E-state index contributed by atoms with van der Waals surface area (Å²) in [4.78, 5) is 4.37. The number of halogens is 1. The molecule has 1 aliphatic rings. The monoisotopic (exact) mass is 262 g/mol. The Morgan fingerprint density at radius 2 is 1.95 bits per heavy atom. The molecule has 2 atom stereocenters. The largest absolute Gasteiger partial charge is 0.350 e. The highest BCUT2D eigenvalue weighted by Gasteiger charge is 2.24. The van der Waals surface area contributed by atoms with Crippen molar-refractivity contribution in [2.24, 2.45) is 11.8 Å². The Morgan fingerprint density at radius 1 is 1.21 bits per heavy atom. The van der Waals surface area contributed by atoms with Gasteiger partial charge in [0.1, 0.15) is 5.82 Å². The van der Waals surface area contributed by atoms with Crippen molar-refractivity contribution < 1.29 is 4.39 Å². The minimum atomic E-state index is -0.302. The van der Waals surface area contributed by atoms with Crippen molar-refractivity contribution in [2.45, 2.75) is 39.2 Å². The molecule has 4 nitrogen and oxygen atoms in total. The predicted molar refractivity (Wildman–Crippen MR) is 72.5 cm³/mol. The van der Waals surface area contributed by atoms with E-state index in [2.05, 4.69) is 29.2 Å². The molecule has 102 valence electrons. The molecule has 2 aromatic heterocycles. The summed E-state index contributed by atoms with van der Waals surface area (Å²) in [6, 6.07) is 3.46. The van der Waals surface area contributed by atoms with Crippen LogP contribution in [0.4, 0.5) is 10.3 Å². The molecule has 2 unspecified atom stereocenters. The minimum Gasteiger partial charge on any atom is -0.350 e. The number of pyridine rings is 1. The quantitative estimate of drug-likeness (QED) is 0.904.